The molecule has 0 saturated heterocycles. The van der Waals surface area contributed by atoms with Crippen LogP contribution in [0, 0.1) is 0 Å². The maximum absolute atomic E-state index is 13.2. The average molecular weight is 458 g/mol. The van der Waals surface area contributed by atoms with E-state index >= 15 is 0 Å². The van der Waals surface area contributed by atoms with Gasteiger partial charge in [0.2, 0.25) is 5.60 Å². The fraction of sp³-hybridized carbons (Fsp3) is 0.348. The number of hydrogen-bond acceptors (Lipinski definition) is 5. The molecule has 0 radical (unpaired) electrons. The normalized spacial score (nSPS) is 19.8. The van der Waals surface area contributed by atoms with E-state index in [1.807, 2.05) is 43.3 Å². The minimum Gasteiger partial charge on any atom is -0.463 e. The predicted octanol–water partition coefficient (Wildman–Crippen LogP) is 4.50. The second-order valence-electron chi connectivity index (χ2n) is 7.05. The van der Waals surface area contributed by atoms with Crippen molar-refractivity contribution in [1.82, 2.24) is 4.98 Å². The van der Waals surface area contributed by atoms with E-state index in [9.17, 15) is 9.59 Å². The number of cyclic esters (lactones) is 1. The average Bonchev–Trinajstić information content (AvgIpc) is 2.74. The monoisotopic (exact) mass is 457 g/mol. The molecule has 0 saturated carbocycles. The number of carbonyl (C=O) groups is 2. The Morgan fingerprint density at radius 2 is 2.07 bits per heavy atom. The number of rotatable bonds is 8. The Labute approximate surface area is 179 Å². The molecule has 0 aliphatic carbocycles. The summed E-state index contributed by atoms with van der Waals surface area (Å²) in [6.07, 6.45) is 7.17. The van der Waals surface area contributed by atoms with Crippen molar-refractivity contribution in [1.29, 1.82) is 0 Å². The number of esters is 2. The van der Waals surface area contributed by atoms with Gasteiger partial charge in [0, 0.05) is 24.9 Å². The minimum absolute atomic E-state index is 0.220. The molecule has 0 unspecified atom stereocenters. The maximum atomic E-state index is 13.2. The third kappa shape index (κ3) is 5.12. The summed E-state index contributed by atoms with van der Waals surface area (Å²) in [5.41, 5.74) is 1.08. The molecule has 2 aromatic rings. The van der Waals surface area contributed by atoms with Crippen molar-refractivity contribution in [3.05, 3.63) is 72.1 Å². The van der Waals surface area contributed by atoms with E-state index in [2.05, 4.69) is 20.9 Å². The fourth-order valence-corrected chi connectivity index (χ4v) is 4.11. The number of alkyl halides is 1. The molecular formula is C23H24BrNO4. The number of ether oxygens (including phenoxy) is 2. The molecule has 0 N–H and O–H groups in total. The lowest BCUT2D eigenvalue weighted by molar-refractivity contribution is -0.180. The first-order valence-electron chi connectivity index (χ1n) is 9.74. The molecule has 0 amide bonds. The van der Waals surface area contributed by atoms with Crippen molar-refractivity contribution in [3.8, 4) is 0 Å². The zero-order valence-corrected chi connectivity index (χ0v) is 17.9. The Bertz CT molecular complexity index is 869. The van der Waals surface area contributed by atoms with Crippen LogP contribution < -0.4 is 0 Å². The number of pyridine rings is 1. The zero-order valence-electron chi connectivity index (χ0n) is 16.3. The summed E-state index contributed by atoms with van der Waals surface area (Å²) in [5, 5.41) is 0. The third-order valence-electron chi connectivity index (χ3n) is 4.90. The van der Waals surface area contributed by atoms with Gasteiger partial charge in [-0.05, 0) is 35.6 Å². The zero-order chi connectivity index (χ0) is 20.7. The van der Waals surface area contributed by atoms with Crippen molar-refractivity contribution >= 4 is 33.4 Å². The van der Waals surface area contributed by atoms with Crippen LogP contribution in [-0.2, 0) is 25.5 Å². The van der Waals surface area contributed by atoms with Crippen molar-refractivity contribution in [2.45, 2.75) is 43.0 Å². The van der Waals surface area contributed by atoms with Crippen LogP contribution in [0.15, 0.2) is 60.9 Å². The maximum Gasteiger partial charge on any atom is 0.352 e. The van der Waals surface area contributed by atoms with E-state index in [1.54, 1.807) is 18.5 Å². The van der Waals surface area contributed by atoms with Crippen molar-refractivity contribution in [3.63, 3.8) is 0 Å². The van der Waals surface area contributed by atoms with Gasteiger partial charge in [-0.1, -0.05) is 65.7 Å². The molecule has 1 aliphatic rings. The Morgan fingerprint density at radius 1 is 1.28 bits per heavy atom. The van der Waals surface area contributed by atoms with Gasteiger partial charge >= 0.3 is 11.9 Å². The van der Waals surface area contributed by atoms with Crippen LogP contribution in [-0.4, -0.2) is 34.0 Å². The highest BCUT2D eigenvalue weighted by Crippen LogP contribution is 2.39. The largest absolute Gasteiger partial charge is 0.463 e. The second-order valence-corrected chi connectivity index (χ2v) is 8.15. The van der Waals surface area contributed by atoms with Gasteiger partial charge in [0.15, 0.2) is 0 Å². The molecule has 0 spiro atoms. The number of nitrogens with zero attached hydrogens (tertiary/aromatic N) is 1. The molecule has 1 aromatic heterocycles. The summed E-state index contributed by atoms with van der Waals surface area (Å²) >= 11 is 3.65. The Hall–Kier alpha value is -2.47. The lowest BCUT2D eigenvalue weighted by Gasteiger charge is -2.38. The summed E-state index contributed by atoms with van der Waals surface area (Å²) in [5.74, 6) is -1.08. The van der Waals surface area contributed by atoms with Crippen LogP contribution in [0.1, 0.15) is 37.3 Å². The number of benzene rings is 1. The highest BCUT2D eigenvalue weighted by molar-refractivity contribution is 9.09. The van der Waals surface area contributed by atoms with Gasteiger partial charge in [-0.3, -0.25) is 4.98 Å². The van der Waals surface area contributed by atoms with E-state index in [4.69, 9.17) is 9.47 Å². The van der Waals surface area contributed by atoms with Crippen molar-refractivity contribution in [2.75, 3.05) is 6.61 Å². The molecular weight excluding hydrogens is 434 g/mol. The molecule has 152 valence electrons. The molecule has 2 heterocycles. The van der Waals surface area contributed by atoms with Gasteiger partial charge in [-0.25, -0.2) is 9.59 Å². The number of unbranched alkanes of at least 4 members (excludes halogenated alkanes) is 1. The van der Waals surface area contributed by atoms with E-state index < -0.39 is 22.4 Å². The SMILES string of the molecule is CCCCOC(=O)[C@]1([C@@H](Br)Cc2ccccc2)CC(c2cccnc2)=CC(=O)O1. The van der Waals surface area contributed by atoms with E-state index in [-0.39, 0.29) is 6.42 Å². The second kappa shape index (κ2) is 9.83. The fourth-order valence-electron chi connectivity index (χ4n) is 3.29. The Balaban J connectivity index is 1.93. The first-order chi connectivity index (χ1) is 14.0. The first-order valence-corrected chi connectivity index (χ1v) is 10.7. The smallest absolute Gasteiger partial charge is 0.352 e. The third-order valence-corrected chi connectivity index (χ3v) is 5.96. The number of carbonyl (C=O) groups excluding carboxylic acids is 2. The highest BCUT2D eigenvalue weighted by Gasteiger charge is 2.52. The van der Waals surface area contributed by atoms with E-state index in [0.29, 0.717) is 18.6 Å². The quantitative estimate of drug-likeness (QED) is 0.331. The van der Waals surface area contributed by atoms with Crippen LogP contribution in [0.4, 0.5) is 0 Å². The topological polar surface area (TPSA) is 65.5 Å². The molecule has 1 aliphatic heterocycles. The number of aromatic nitrogens is 1. The molecule has 6 heteroatoms. The van der Waals surface area contributed by atoms with Crippen LogP contribution in [0.3, 0.4) is 0 Å². The molecule has 29 heavy (non-hydrogen) atoms. The lowest BCUT2D eigenvalue weighted by Crippen LogP contribution is -2.54. The van der Waals surface area contributed by atoms with Crippen LogP contribution in [0.2, 0.25) is 0 Å². The summed E-state index contributed by atoms with van der Waals surface area (Å²) in [6.45, 7) is 2.32. The summed E-state index contributed by atoms with van der Waals surface area (Å²) in [4.78, 5) is 29.4. The van der Waals surface area contributed by atoms with Crippen LogP contribution in [0.25, 0.3) is 5.57 Å². The van der Waals surface area contributed by atoms with Gasteiger partial charge in [-0.15, -0.1) is 0 Å². The minimum atomic E-state index is -1.44. The lowest BCUT2D eigenvalue weighted by atomic mass is 9.84. The molecule has 0 bridgehead atoms. The Morgan fingerprint density at radius 3 is 2.76 bits per heavy atom. The van der Waals surface area contributed by atoms with Gasteiger partial charge in [0.1, 0.15) is 0 Å². The van der Waals surface area contributed by atoms with Crippen LogP contribution >= 0.6 is 15.9 Å². The van der Waals surface area contributed by atoms with Gasteiger partial charge < -0.3 is 9.47 Å². The number of hydrogen-bond donors (Lipinski definition) is 0. The molecule has 5 nitrogen and oxygen atoms in total. The van der Waals surface area contributed by atoms with Crippen molar-refractivity contribution in [2.24, 2.45) is 0 Å². The predicted molar refractivity (Wildman–Crippen MR) is 114 cm³/mol. The Kier molecular flexibility index (Phi) is 7.20. The first kappa shape index (κ1) is 21.2. The molecule has 3 rings (SSSR count). The summed E-state index contributed by atoms with van der Waals surface area (Å²) < 4.78 is 11.2. The summed E-state index contributed by atoms with van der Waals surface area (Å²) in [6, 6.07) is 13.4. The van der Waals surface area contributed by atoms with Gasteiger partial charge in [-0.2, -0.15) is 0 Å². The van der Waals surface area contributed by atoms with E-state index in [0.717, 1.165) is 24.0 Å². The van der Waals surface area contributed by atoms with Gasteiger partial charge in [0.25, 0.3) is 0 Å². The molecule has 1 aromatic carbocycles. The standard InChI is InChI=1S/C23H24BrNO4/c1-2-3-12-28-22(27)23(20(24)13-17-8-5-4-6-9-17)15-19(14-21(26)29-23)18-10-7-11-25-16-18/h4-11,14,16,20H,2-3,12-13,15H2,1H3/t20-,23+/m0/s1. The van der Waals surface area contributed by atoms with Crippen LogP contribution in [0.5, 0.6) is 0 Å². The van der Waals surface area contributed by atoms with Gasteiger partial charge in [0.05, 0.1) is 11.4 Å². The summed E-state index contributed by atoms with van der Waals surface area (Å²) in [7, 11) is 0. The van der Waals surface area contributed by atoms with Crippen molar-refractivity contribution < 1.29 is 19.1 Å². The highest BCUT2D eigenvalue weighted by atomic mass is 79.9. The molecule has 0 fully saturated rings. The van der Waals surface area contributed by atoms with E-state index in [1.165, 1.54) is 6.08 Å². The molecule has 2 atom stereocenters. The number of halogens is 1.